The lowest BCUT2D eigenvalue weighted by Gasteiger charge is -2.29. The molecule has 1 aliphatic heterocycles. The van der Waals surface area contributed by atoms with Crippen molar-refractivity contribution in [3.63, 3.8) is 0 Å². The zero-order valence-electron chi connectivity index (χ0n) is 22.3. The summed E-state index contributed by atoms with van der Waals surface area (Å²) in [6.45, 7) is 4.49. The maximum Gasteiger partial charge on any atom is 0.342 e. The Morgan fingerprint density at radius 2 is 1.54 bits per heavy atom. The summed E-state index contributed by atoms with van der Waals surface area (Å²) in [6.07, 6.45) is 11.2. The predicted molar refractivity (Wildman–Crippen MR) is 148 cm³/mol. The van der Waals surface area contributed by atoms with Gasteiger partial charge >= 0.3 is 5.97 Å². The number of halogens is 1. The summed E-state index contributed by atoms with van der Waals surface area (Å²) in [6, 6.07) is 20.3. The first kappa shape index (κ1) is 25.7. The van der Waals surface area contributed by atoms with E-state index in [4.69, 9.17) is 4.74 Å². The molecular weight excluding hydrogens is 459 g/mol. The Hall–Kier alpha value is -2.94. The summed E-state index contributed by atoms with van der Waals surface area (Å²) >= 11 is 0. The van der Waals surface area contributed by atoms with Gasteiger partial charge in [-0.1, -0.05) is 93.8 Å². The Morgan fingerprint density at radius 3 is 2.22 bits per heavy atom. The van der Waals surface area contributed by atoms with Crippen molar-refractivity contribution in [1.82, 2.24) is 0 Å². The Bertz CT molecular complexity index is 1200. The van der Waals surface area contributed by atoms with Crippen LogP contribution in [-0.2, 0) is 17.6 Å². The molecule has 1 unspecified atom stereocenters. The Balaban J connectivity index is 1.29. The number of rotatable bonds is 8. The minimum atomic E-state index is -0.566. The van der Waals surface area contributed by atoms with Crippen LogP contribution < -0.4 is 0 Å². The van der Waals surface area contributed by atoms with Crippen LogP contribution in [0.1, 0.15) is 110 Å². The average Bonchev–Trinajstić information content (AvgIpc) is 2.94. The molecule has 5 rings (SSSR count). The minimum Gasteiger partial charge on any atom is -0.453 e. The fraction of sp³-hybridized carbons (Fsp3) is 0.441. The number of hydrogen-bond donors (Lipinski definition) is 0. The van der Waals surface area contributed by atoms with Gasteiger partial charge in [0.1, 0.15) is 11.9 Å². The molecule has 194 valence electrons. The van der Waals surface area contributed by atoms with E-state index in [1.54, 1.807) is 0 Å². The molecule has 3 aromatic carbocycles. The van der Waals surface area contributed by atoms with E-state index < -0.39 is 11.8 Å². The zero-order chi connectivity index (χ0) is 25.8. The van der Waals surface area contributed by atoms with Gasteiger partial charge in [-0.05, 0) is 78.2 Å². The van der Waals surface area contributed by atoms with Crippen molar-refractivity contribution in [3.05, 3.63) is 94.3 Å². The second-order valence-corrected chi connectivity index (χ2v) is 11.0. The third-order valence-corrected chi connectivity index (χ3v) is 8.62. The van der Waals surface area contributed by atoms with Crippen molar-refractivity contribution in [1.29, 1.82) is 0 Å². The van der Waals surface area contributed by atoms with Crippen molar-refractivity contribution in [2.45, 2.75) is 90.1 Å². The monoisotopic (exact) mass is 498 g/mol. The number of benzene rings is 3. The summed E-state index contributed by atoms with van der Waals surface area (Å²) in [5.74, 6) is 0.471. The highest BCUT2D eigenvalue weighted by Crippen LogP contribution is 2.39. The molecule has 0 N–H and O–H groups in total. The van der Waals surface area contributed by atoms with Crippen LogP contribution in [0.5, 0.6) is 0 Å². The third-order valence-electron chi connectivity index (χ3n) is 8.62. The second-order valence-electron chi connectivity index (χ2n) is 11.0. The molecular formula is C34H39FO2. The number of ether oxygens (including phenoxy) is 1. The molecule has 3 heteroatoms. The van der Waals surface area contributed by atoms with Crippen LogP contribution in [0.4, 0.5) is 4.39 Å². The highest BCUT2D eigenvalue weighted by atomic mass is 19.1. The summed E-state index contributed by atoms with van der Waals surface area (Å²) < 4.78 is 21.4. The van der Waals surface area contributed by atoms with Gasteiger partial charge in [0.15, 0.2) is 0 Å². The van der Waals surface area contributed by atoms with E-state index in [2.05, 4.69) is 50.2 Å². The standard InChI is InChI=1S/C34H39FO2/c1-3-5-6-7-24-10-14-27(15-11-24)30-21-20-29-22-31(37-34(36)32(29)33(30)35)28-18-16-26(17-19-28)25-12-8-23(4-2)9-13-25/h10-11,14-21,23,25,31H,3-9,12-13,22H2,1-2H3. The van der Waals surface area contributed by atoms with Crippen molar-refractivity contribution in [3.8, 4) is 11.1 Å². The number of carbonyl (C=O) groups excluding carboxylic acids is 1. The average molecular weight is 499 g/mol. The number of aryl methyl sites for hydroxylation is 1. The molecule has 1 fully saturated rings. The fourth-order valence-electron chi connectivity index (χ4n) is 6.16. The van der Waals surface area contributed by atoms with Crippen molar-refractivity contribution in [2.75, 3.05) is 0 Å². The van der Waals surface area contributed by atoms with Crippen molar-refractivity contribution >= 4 is 5.97 Å². The Morgan fingerprint density at radius 1 is 0.838 bits per heavy atom. The SMILES string of the molecule is CCCCCc1ccc(-c2ccc3c(c2F)C(=O)OC(c2ccc(C4CCC(CC)CC4)cc2)C3)cc1. The molecule has 0 bridgehead atoms. The predicted octanol–water partition coefficient (Wildman–Crippen LogP) is 9.36. The lowest BCUT2D eigenvalue weighted by molar-refractivity contribution is 0.0246. The molecule has 2 nitrogen and oxygen atoms in total. The molecule has 2 aliphatic rings. The van der Waals surface area contributed by atoms with E-state index in [1.807, 2.05) is 24.3 Å². The number of cyclic esters (lactones) is 1. The molecule has 0 radical (unpaired) electrons. The maximum absolute atomic E-state index is 15.6. The molecule has 0 amide bonds. The van der Waals surface area contributed by atoms with Crippen LogP contribution in [0, 0.1) is 11.7 Å². The van der Waals surface area contributed by atoms with E-state index >= 15 is 4.39 Å². The number of unbranched alkanes of at least 4 members (excludes halogenated alkanes) is 2. The first-order valence-corrected chi connectivity index (χ1v) is 14.3. The topological polar surface area (TPSA) is 26.3 Å². The third kappa shape index (κ3) is 5.66. The molecule has 1 atom stereocenters. The molecule has 0 saturated heterocycles. The van der Waals surface area contributed by atoms with Crippen molar-refractivity contribution in [2.24, 2.45) is 5.92 Å². The maximum atomic E-state index is 15.6. The van der Waals surface area contributed by atoms with Crippen LogP contribution in [0.2, 0.25) is 0 Å². The van der Waals surface area contributed by atoms with Gasteiger partial charge in [-0.15, -0.1) is 0 Å². The number of hydrogen-bond acceptors (Lipinski definition) is 2. The molecule has 1 aliphatic carbocycles. The summed E-state index contributed by atoms with van der Waals surface area (Å²) in [5, 5.41) is 0. The van der Waals surface area contributed by atoms with Crippen LogP contribution in [0.15, 0.2) is 60.7 Å². The Kier molecular flexibility index (Phi) is 8.08. The first-order chi connectivity index (χ1) is 18.1. The highest BCUT2D eigenvalue weighted by molar-refractivity contribution is 5.94. The zero-order valence-corrected chi connectivity index (χ0v) is 22.3. The van der Waals surface area contributed by atoms with E-state index in [0.29, 0.717) is 17.9 Å². The minimum absolute atomic E-state index is 0.0880. The molecule has 0 aromatic heterocycles. The molecule has 3 aromatic rings. The summed E-state index contributed by atoms with van der Waals surface area (Å²) in [7, 11) is 0. The van der Waals surface area contributed by atoms with Gasteiger partial charge in [-0.3, -0.25) is 0 Å². The van der Waals surface area contributed by atoms with Crippen LogP contribution in [0.3, 0.4) is 0 Å². The van der Waals surface area contributed by atoms with Crippen molar-refractivity contribution < 1.29 is 13.9 Å². The lowest BCUT2D eigenvalue weighted by atomic mass is 9.77. The summed E-state index contributed by atoms with van der Waals surface area (Å²) in [4.78, 5) is 13.0. The number of carbonyl (C=O) groups is 1. The van der Waals surface area contributed by atoms with Crippen LogP contribution in [0.25, 0.3) is 11.1 Å². The van der Waals surface area contributed by atoms with E-state index in [1.165, 1.54) is 62.5 Å². The number of esters is 1. The van der Waals surface area contributed by atoms with Gasteiger partial charge in [-0.2, -0.15) is 0 Å². The molecule has 0 spiro atoms. The number of fused-ring (bicyclic) bond motifs is 1. The summed E-state index contributed by atoms with van der Waals surface area (Å²) in [5.41, 5.74) is 5.68. The normalized spacial score (nSPS) is 21.4. The van der Waals surface area contributed by atoms with Crippen LogP contribution in [-0.4, -0.2) is 5.97 Å². The molecule has 1 heterocycles. The largest absolute Gasteiger partial charge is 0.453 e. The quantitative estimate of drug-likeness (QED) is 0.228. The van der Waals surface area contributed by atoms with E-state index in [9.17, 15) is 4.79 Å². The van der Waals surface area contributed by atoms with Gasteiger partial charge in [0, 0.05) is 12.0 Å². The van der Waals surface area contributed by atoms with Crippen LogP contribution >= 0.6 is 0 Å². The van der Waals surface area contributed by atoms with E-state index in [-0.39, 0.29) is 11.7 Å². The lowest BCUT2D eigenvalue weighted by Crippen LogP contribution is -2.23. The molecule has 1 saturated carbocycles. The fourth-order valence-corrected chi connectivity index (χ4v) is 6.16. The highest BCUT2D eigenvalue weighted by Gasteiger charge is 2.32. The smallest absolute Gasteiger partial charge is 0.342 e. The van der Waals surface area contributed by atoms with Gasteiger partial charge in [0.25, 0.3) is 0 Å². The van der Waals surface area contributed by atoms with Gasteiger partial charge < -0.3 is 4.74 Å². The Labute approximate surface area is 221 Å². The van der Waals surface area contributed by atoms with E-state index in [0.717, 1.165) is 29.0 Å². The molecule has 37 heavy (non-hydrogen) atoms. The first-order valence-electron chi connectivity index (χ1n) is 14.3. The van der Waals surface area contributed by atoms with Gasteiger partial charge in [-0.25, -0.2) is 9.18 Å². The van der Waals surface area contributed by atoms with Gasteiger partial charge in [0.2, 0.25) is 0 Å². The second kappa shape index (κ2) is 11.6. The van der Waals surface area contributed by atoms with Gasteiger partial charge in [0.05, 0.1) is 5.56 Å².